The van der Waals surface area contributed by atoms with Gasteiger partial charge in [0, 0.05) is 28.7 Å². The summed E-state index contributed by atoms with van der Waals surface area (Å²) in [6, 6.07) is 16.0. The molecule has 1 saturated carbocycles. The molecule has 5 heteroatoms. The molecule has 1 heterocycles. The number of hydrogen-bond acceptors (Lipinski definition) is 3. The molecule has 2 aromatic carbocycles. The lowest BCUT2D eigenvalue weighted by molar-refractivity contribution is -0.120. The Bertz CT molecular complexity index is 859. The lowest BCUT2D eigenvalue weighted by atomic mass is 9.88. The van der Waals surface area contributed by atoms with Crippen LogP contribution in [0.1, 0.15) is 44.1 Å². The van der Waals surface area contributed by atoms with Crippen LogP contribution in [0.4, 0.5) is 11.4 Å². The maximum Gasteiger partial charge on any atom is 0.237 e. The number of thioether (sulfide) groups is 1. The van der Waals surface area contributed by atoms with Crippen molar-refractivity contribution in [2.45, 2.75) is 49.8 Å². The Labute approximate surface area is 177 Å². The molecule has 0 bridgehead atoms. The Kier molecular flexibility index (Phi) is 6.55. The maximum atomic E-state index is 12.8. The van der Waals surface area contributed by atoms with Gasteiger partial charge in [0.25, 0.3) is 0 Å². The smallest absolute Gasteiger partial charge is 0.237 e. The number of hydrogen-bond donors (Lipinski definition) is 1. The first kappa shape index (κ1) is 20.0. The molecule has 2 amide bonds. The van der Waals surface area contributed by atoms with E-state index in [-0.39, 0.29) is 17.7 Å². The zero-order valence-corrected chi connectivity index (χ0v) is 17.5. The Hall–Kier alpha value is -2.27. The highest BCUT2D eigenvalue weighted by molar-refractivity contribution is 8.00. The lowest BCUT2D eigenvalue weighted by Gasteiger charge is -2.29. The van der Waals surface area contributed by atoms with Gasteiger partial charge in [0.2, 0.25) is 11.8 Å². The summed E-state index contributed by atoms with van der Waals surface area (Å²) in [5, 5.41) is 3.04. The van der Waals surface area contributed by atoms with Crippen molar-refractivity contribution in [1.82, 2.24) is 0 Å². The molecule has 0 unspecified atom stereocenters. The van der Waals surface area contributed by atoms with E-state index in [1.54, 1.807) is 11.8 Å². The number of amides is 2. The van der Waals surface area contributed by atoms with Crippen LogP contribution >= 0.6 is 11.8 Å². The summed E-state index contributed by atoms with van der Waals surface area (Å²) in [4.78, 5) is 28.1. The highest BCUT2D eigenvalue weighted by Crippen LogP contribution is 2.29. The summed E-state index contributed by atoms with van der Waals surface area (Å²) >= 11 is 1.55. The third-order valence-corrected chi connectivity index (χ3v) is 6.87. The third kappa shape index (κ3) is 5.02. The second kappa shape index (κ2) is 9.49. The highest BCUT2D eigenvalue weighted by Gasteiger charge is 2.22. The van der Waals surface area contributed by atoms with Gasteiger partial charge in [-0.3, -0.25) is 9.59 Å². The molecule has 152 valence electrons. The number of para-hydroxylation sites is 1. The van der Waals surface area contributed by atoms with E-state index < -0.39 is 0 Å². The SMILES string of the molecule is O=C(Nc1ccc(SCC(=O)N2CCCc3ccccc32)cc1)C1CCCCC1. The first-order valence-electron chi connectivity index (χ1n) is 10.6. The Morgan fingerprint density at radius 3 is 2.52 bits per heavy atom. The van der Waals surface area contributed by atoms with E-state index >= 15 is 0 Å². The van der Waals surface area contributed by atoms with Crippen LogP contribution in [0.5, 0.6) is 0 Å². The Morgan fingerprint density at radius 1 is 0.966 bits per heavy atom. The largest absolute Gasteiger partial charge is 0.326 e. The fraction of sp³-hybridized carbons (Fsp3) is 0.417. The molecule has 2 aliphatic rings. The molecule has 1 N–H and O–H groups in total. The molecule has 0 radical (unpaired) electrons. The number of carbonyl (C=O) groups is 2. The van der Waals surface area contributed by atoms with Crippen molar-refractivity contribution >= 4 is 35.0 Å². The van der Waals surface area contributed by atoms with E-state index in [0.717, 1.165) is 61.3 Å². The minimum Gasteiger partial charge on any atom is -0.326 e. The molecular formula is C24H28N2O2S. The van der Waals surface area contributed by atoms with Crippen molar-refractivity contribution in [3.63, 3.8) is 0 Å². The molecule has 2 aromatic rings. The predicted molar refractivity (Wildman–Crippen MR) is 119 cm³/mol. The first-order chi connectivity index (χ1) is 14.2. The standard InChI is InChI=1S/C24H28N2O2S/c27-23(26-16-6-10-18-7-4-5-11-22(18)26)17-29-21-14-12-20(13-15-21)25-24(28)19-8-2-1-3-9-19/h4-5,7,11-15,19H,1-3,6,8-10,16-17H2,(H,25,28). The number of benzene rings is 2. The summed E-state index contributed by atoms with van der Waals surface area (Å²) < 4.78 is 0. The lowest BCUT2D eigenvalue weighted by Crippen LogP contribution is -2.36. The van der Waals surface area contributed by atoms with Crippen LogP contribution in [0, 0.1) is 5.92 Å². The molecule has 1 aliphatic carbocycles. The molecule has 29 heavy (non-hydrogen) atoms. The zero-order valence-electron chi connectivity index (χ0n) is 16.7. The summed E-state index contributed by atoms with van der Waals surface area (Å²) in [5.74, 6) is 0.867. The van der Waals surface area contributed by atoms with E-state index in [0.29, 0.717) is 5.75 Å². The number of nitrogens with zero attached hydrogens (tertiary/aromatic N) is 1. The van der Waals surface area contributed by atoms with Gasteiger partial charge in [0.1, 0.15) is 0 Å². The topological polar surface area (TPSA) is 49.4 Å². The third-order valence-electron chi connectivity index (χ3n) is 5.87. The van der Waals surface area contributed by atoms with Crippen LogP contribution < -0.4 is 10.2 Å². The van der Waals surface area contributed by atoms with Crippen molar-refractivity contribution in [3.05, 3.63) is 54.1 Å². The molecule has 1 aliphatic heterocycles. The van der Waals surface area contributed by atoms with Gasteiger partial charge >= 0.3 is 0 Å². The van der Waals surface area contributed by atoms with Crippen LogP contribution in [0.3, 0.4) is 0 Å². The summed E-state index contributed by atoms with van der Waals surface area (Å²) in [6.07, 6.45) is 7.62. The summed E-state index contributed by atoms with van der Waals surface area (Å²) in [7, 11) is 0. The summed E-state index contributed by atoms with van der Waals surface area (Å²) in [6.45, 7) is 0.794. The van der Waals surface area contributed by atoms with Crippen molar-refractivity contribution < 1.29 is 9.59 Å². The maximum absolute atomic E-state index is 12.8. The van der Waals surface area contributed by atoms with Crippen LogP contribution in [-0.4, -0.2) is 24.1 Å². The van der Waals surface area contributed by atoms with E-state index in [4.69, 9.17) is 0 Å². The molecule has 1 fully saturated rings. The number of fused-ring (bicyclic) bond motifs is 1. The van der Waals surface area contributed by atoms with Gasteiger partial charge in [-0.25, -0.2) is 0 Å². The second-order valence-electron chi connectivity index (χ2n) is 7.91. The fourth-order valence-electron chi connectivity index (χ4n) is 4.26. The Morgan fingerprint density at radius 2 is 1.72 bits per heavy atom. The van der Waals surface area contributed by atoms with Crippen LogP contribution in [0.2, 0.25) is 0 Å². The minimum absolute atomic E-state index is 0.143. The van der Waals surface area contributed by atoms with Gasteiger partial charge in [-0.2, -0.15) is 0 Å². The Balaban J connectivity index is 1.30. The van der Waals surface area contributed by atoms with Crippen LogP contribution in [0.15, 0.2) is 53.4 Å². The number of carbonyl (C=O) groups excluding carboxylic acids is 2. The predicted octanol–water partition coefficient (Wildman–Crippen LogP) is 5.28. The number of rotatable bonds is 5. The first-order valence-corrected chi connectivity index (χ1v) is 11.6. The zero-order chi connectivity index (χ0) is 20.1. The van der Waals surface area contributed by atoms with Crippen molar-refractivity contribution in [1.29, 1.82) is 0 Å². The summed E-state index contributed by atoms with van der Waals surface area (Å²) in [5.41, 5.74) is 3.15. The number of aryl methyl sites for hydroxylation is 1. The van der Waals surface area contributed by atoms with E-state index in [2.05, 4.69) is 11.4 Å². The second-order valence-corrected chi connectivity index (χ2v) is 8.96. The van der Waals surface area contributed by atoms with E-state index in [9.17, 15) is 9.59 Å². The van der Waals surface area contributed by atoms with Gasteiger partial charge in [0.15, 0.2) is 0 Å². The van der Waals surface area contributed by atoms with Crippen LogP contribution in [-0.2, 0) is 16.0 Å². The number of anilines is 2. The monoisotopic (exact) mass is 408 g/mol. The molecule has 4 nitrogen and oxygen atoms in total. The van der Waals surface area contributed by atoms with Crippen molar-refractivity contribution in [2.24, 2.45) is 5.92 Å². The van der Waals surface area contributed by atoms with E-state index in [1.807, 2.05) is 47.4 Å². The minimum atomic E-state index is 0.143. The average Bonchev–Trinajstić information content (AvgIpc) is 2.78. The van der Waals surface area contributed by atoms with Gasteiger partial charge in [0.05, 0.1) is 5.75 Å². The molecule has 4 rings (SSSR count). The molecule has 0 spiro atoms. The molecule has 0 atom stereocenters. The van der Waals surface area contributed by atoms with Crippen LogP contribution in [0.25, 0.3) is 0 Å². The van der Waals surface area contributed by atoms with Crippen molar-refractivity contribution in [2.75, 3.05) is 22.5 Å². The highest BCUT2D eigenvalue weighted by atomic mass is 32.2. The average molecular weight is 409 g/mol. The van der Waals surface area contributed by atoms with Gasteiger partial charge in [-0.05, 0) is 61.6 Å². The quantitative estimate of drug-likeness (QED) is 0.685. The molecular weight excluding hydrogens is 380 g/mol. The normalized spacial score (nSPS) is 16.9. The van der Waals surface area contributed by atoms with Crippen molar-refractivity contribution in [3.8, 4) is 0 Å². The van der Waals surface area contributed by atoms with Gasteiger partial charge in [-0.15, -0.1) is 11.8 Å². The van der Waals surface area contributed by atoms with E-state index in [1.165, 1.54) is 12.0 Å². The van der Waals surface area contributed by atoms with Gasteiger partial charge in [-0.1, -0.05) is 37.5 Å². The number of nitrogens with one attached hydrogen (secondary N) is 1. The molecule has 0 saturated heterocycles. The molecule has 0 aromatic heterocycles. The fourth-order valence-corrected chi connectivity index (χ4v) is 5.03. The van der Waals surface area contributed by atoms with Gasteiger partial charge < -0.3 is 10.2 Å².